The van der Waals surface area contributed by atoms with Crippen molar-refractivity contribution in [1.29, 1.82) is 0 Å². The second kappa shape index (κ2) is 8.19. The summed E-state index contributed by atoms with van der Waals surface area (Å²) in [5.41, 5.74) is 1.48. The van der Waals surface area contributed by atoms with Crippen LogP contribution in [0.15, 0.2) is 40.3 Å². The Morgan fingerprint density at radius 1 is 1.27 bits per heavy atom. The van der Waals surface area contributed by atoms with Crippen molar-refractivity contribution < 1.29 is 27.6 Å². The van der Waals surface area contributed by atoms with Crippen LogP contribution in [0.25, 0.3) is 0 Å². The molecule has 122 valence electrons. The van der Waals surface area contributed by atoms with E-state index >= 15 is 0 Å². The van der Waals surface area contributed by atoms with Crippen molar-refractivity contribution in [2.45, 2.75) is 37.9 Å². The van der Waals surface area contributed by atoms with E-state index in [4.69, 9.17) is 4.18 Å². The molecule has 22 heavy (non-hydrogen) atoms. The van der Waals surface area contributed by atoms with E-state index in [-0.39, 0.29) is 29.9 Å². The lowest BCUT2D eigenvalue weighted by Gasteiger charge is -2.13. The van der Waals surface area contributed by atoms with Crippen LogP contribution < -0.4 is 0 Å². The van der Waals surface area contributed by atoms with Gasteiger partial charge in [0.15, 0.2) is 6.29 Å². The molecule has 2 N–H and O–H groups in total. The number of rotatable bonds is 8. The summed E-state index contributed by atoms with van der Waals surface area (Å²) in [6, 6.07) is 6.20. The number of hydrogen-bond donors (Lipinski definition) is 2. The molecule has 0 amide bonds. The van der Waals surface area contributed by atoms with Gasteiger partial charge in [-0.2, -0.15) is 8.42 Å². The second-order valence-corrected chi connectivity index (χ2v) is 6.53. The molecule has 0 aliphatic carbocycles. The lowest BCUT2D eigenvalue weighted by molar-refractivity contribution is -0.107. The summed E-state index contributed by atoms with van der Waals surface area (Å²) >= 11 is 0. The van der Waals surface area contributed by atoms with Crippen LogP contribution in [0, 0.1) is 6.92 Å². The first-order chi connectivity index (χ1) is 10.3. The first kappa shape index (κ1) is 18.5. The monoisotopic (exact) mass is 328 g/mol. The van der Waals surface area contributed by atoms with Crippen LogP contribution in [0.1, 0.15) is 25.3 Å². The van der Waals surface area contributed by atoms with Crippen LogP contribution in [-0.4, -0.2) is 37.8 Å². The molecular formula is C15H20O6S. The predicted molar refractivity (Wildman–Crippen MR) is 80.5 cm³/mol. The molecule has 0 fully saturated rings. The largest absolute Gasteiger partial charge is 0.365 e. The van der Waals surface area contributed by atoms with Gasteiger partial charge in [-0.25, -0.2) is 0 Å². The van der Waals surface area contributed by atoms with Crippen LogP contribution in [0.5, 0.6) is 0 Å². The molecule has 0 radical (unpaired) electrons. The number of carbonyl (C=O) groups is 1. The zero-order valence-corrected chi connectivity index (χ0v) is 13.3. The van der Waals surface area contributed by atoms with E-state index in [2.05, 4.69) is 0 Å². The second-order valence-electron chi connectivity index (χ2n) is 4.91. The summed E-state index contributed by atoms with van der Waals surface area (Å²) in [7, 11) is -3.92. The highest BCUT2D eigenvalue weighted by atomic mass is 32.2. The quantitative estimate of drug-likeness (QED) is 0.323. The Labute approximate surface area is 130 Å². The van der Waals surface area contributed by atoms with Crippen molar-refractivity contribution in [3.05, 3.63) is 41.0 Å². The Hall–Kier alpha value is -1.54. The summed E-state index contributed by atoms with van der Waals surface area (Å²) in [4.78, 5) is 10.4. The summed E-state index contributed by atoms with van der Waals surface area (Å²) in [6.07, 6.45) is -0.833. The normalized spacial score (nSPS) is 13.1. The molecule has 1 rings (SSSR count). The maximum Gasteiger partial charge on any atom is 0.297 e. The van der Waals surface area contributed by atoms with E-state index < -0.39 is 16.4 Å². The SMILES string of the molecule is C/C(COS(=O)(=O)c1ccc(C)cc1)=C(\CCC=O)C(O)O. The number of carbonyl (C=O) groups excluding carboxylic acids is 1. The molecule has 0 saturated carbocycles. The Balaban J connectivity index is 2.85. The maximum atomic E-state index is 12.0. The van der Waals surface area contributed by atoms with Gasteiger partial charge in [0.05, 0.1) is 11.5 Å². The first-order valence-electron chi connectivity index (χ1n) is 6.72. The molecule has 0 atom stereocenters. The van der Waals surface area contributed by atoms with Crippen LogP contribution in [0.2, 0.25) is 0 Å². The minimum absolute atomic E-state index is 0.0323. The Kier molecular flexibility index (Phi) is 6.89. The van der Waals surface area contributed by atoms with E-state index in [1.807, 2.05) is 6.92 Å². The van der Waals surface area contributed by atoms with Crippen molar-refractivity contribution in [2.75, 3.05) is 6.61 Å². The number of benzene rings is 1. The Morgan fingerprint density at radius 3 is 2.36 bits per heavy atom. The highest BCUT2D eigenvalue weighted by molar-refractivity contribution is 7.86. The van der Waals surface area contributed by atoms with E-state index in [1.165, 1.54) is 19.1 Å². The fourth-order valence-electron chi connectivity index (χ4n) is 1.81. The van der Waals surface area contributed by atoms with Crippen molar-refractivity contribution in [1.82, 2.24) is 0 Å². The third kappa shape index (κ3) is 5.34. The molecule has 0 aromatic heterocycles. The fraction of sp³-hybridized carbons (Fsp3) is 0.400. The Bertz CT molecular complexity index is 629. The summed E-state index contributed by atoms with van der Waals surface area (Å²) in [5, 5.41) is 18.5. The van der Waals surface area contributed by atoms with Gasteiger partial charge in [0.2, 0.25) is 0 Å². The molecule has 0 unspecified atom stereocenters. The number of aryl methyl sites for hydroxylation is 1. The minimum atomic E-state index is -3.92. The predicted octanol–water partition coefficient (Wildman–Crippen LogP) is 1.31. The van der Waals surface area contributed by atoms with Crippen LogP contribution in [0.3, 0.4) is 0 Å². The van der Waals surface area contributed by atoms with E-state index in [0.29, 0.717) is 11.9 Å². The number of aliphatic hydroxyl groups is 2. The minimum Gasteiger partial charge on any atom is -0.365 e. The number of hydrogen-bond acceptors (Lipinski definition) is 6. The molecule has 0 aliphatic rings. The van der Waals surface area contributed by atoms with Crippen LogP contribution in [-0.2, 0) is 19.1 Å². The van der Waals surface area contributed by atoms with Gasteiger partial charge in [-0.05, 0) is 43.5 Å². The standard InChI is InChI=1S/C15H20O6S/c1-11-5-7-13(8-6-11)22(19,20)21-10-12(2)14(15(17)18)4-3-9-16/h5-9,15,17-18H,3-4,10H2,1-2H3/b14-12-. The van der Waals surface area contributed by atoms with Crippen molar-refractivity contribution in [3.8, 4) is 0 Å². The van der Waals surface area contributed by atoms with Crippen molar-refractivity contribution in [3.63, 3.8) is 0 Å². The molecule has 1 aromatic rings. The van der Waals surface area contributed by atoms with Crippen LogP contribution in [0.4, 0.5) is 0 Å². The van der Waals surface area contributed by atoms with E-state index in [9.17, 15) is 23.4 Å². The molecule has 0 spiro atoms. The molecular weight excluding hydrogens is 308 g/mol. The fourth-order valence-corrected chi connectivity index (χ4v) is 2.75. The third-order valence-electron chi connectivity index (χ3n) is 3.13. The van der Waals surface area contributed by atoms with Gasteiger partial charge >= 0.3 is 0 Å². The topological polar surface area (TPSA) is 101 Å². The number of aldehydes is 1. The zero-order chi connectivity index (χ0) is 16.8. The van der Waals surface area contributed by atoms with E-state index in [0.717, 1.165) is 5.56 Å². The molecule has 0 saturated heterocycles. The maximum absolute atomic E-state index is 12.0. The number of aliphatic hydroxyl groups excluding tert-OH is 1. The molecule has 6 nitrogen and oxygen atoms in total. The average molecular weight is 328 g/mol. The molecule has 0 bridgehead atoms. The van der Waals surface area contributed by atoms with Gasteiger partial charge in [0.1, 0.15) is 6.29 Å². The highest BCUT2D eigenvalue weighted by Gasteiger charge is 2.17. The molecule has 1 aromatic carbocycles. The van der Waals surface area contributed by atoms with Gasteiger partial charge in [0.25, 0.3) is 10.1 Å². The van der Waals surface area contributed by atoms with Gasteiger partial charge in [0, 0.05) is 6.42 Å². The van der Waals surface area contributed by atoms with Gasteiger partial charge in [-0.1, -0.05) is 17.7 Å². The summed E-state index contributed by atoms with van der Waals surface area (Å²) in [5.74, 6) is 0. The van der Waals surface area contributed by atoms with Gasteiger partial charge < -0.3 is 15.0 Å². The lowest BCUT2D eigenvalue weighted by atomic mass is 10.0. The highest BCUT2D eigenvalue weighted by Crippen LogP contribution is 2.18. The molecule has 0 heterocycles. The van der Waals surface area contributed by atoms with Gasteiger partial charge in [-0.3, -0.25) is 4.18 Å². The first-order valence-corrected chi connectivity index (χ1v) is 8.13. The van der Waals surface area contributed by atoms with E-state index in [1.54, 1.807) is 12.1 Å². The lowest BCUT2D eigenvalue weighted by Crippen LogP contribution is -2.15. The zero-order valence-electron chi connectivity index (χ0n) is 12.5. The van der Waals surface area contributed by atoms with Gasteiger partial charge in [-0.15, -0.1) is 0 Å². The average Bonchev–Trinajstić information content (AvgIpc) is 2.45. The third-order valence-corrected chi connectivity index (χ3v) is 4.41. The van der Waals surface area contributed by atoms with Crippen molar-refractivity contribution in [2.24, 2.45) is 0 Å². The molecule has 0 aliphatic heterocycles. The van der Waals surface area contributed by atoms with Crippen LogP contribution >= 0.6 is 0 Å². The van der Waals surface area contributed by atoms with Crippen molar-refractivity contribution >= 4 is 16.4 Å². The summed E-state index contributed by atoms with van der Waals surface area (Å²) < 4.78 is 29.0. The summed E-state index contributed by atoms with van der Waals surface area (Å²) in [6.45, 7) is 3.07. The smallest absolute Gasteiger partial charge is 0.297 e. The molecule has 7 heteroatoms. The Morgan fingerprint density at radius 2 is 1.86 bits per heavy atom.